The molecule has 1 aliphatic rings. The molecular formula is C10H10BrClN2O3S. The lowest BCUT2D eigenvalue weighted by Gasteiger charge is -2.15. The number of hydrogen-bond donors (Lipinski definition) is 0. The van der Waals surface area contributed by atoms with Gasteiger partial charge in [0.2, 0.25) is 15.0 Å². The van der Waals surface area contributed by atoms with Crippen molar-refractivity contribution >= 4 is 47.4 Å². The summed E-state index contributed by atoms with van der Waals surface area (Å²) in [5.74, 6) is 0.146. The van der Waals surface area contributed by atoms with E-state index in [-0.39, 0.29) is 18.9 Å². The van der Waals surface area contributed by atoms with E-state index < -0.39 is 14.3 Å². The largest absolute Gasteiger partial charge is 0.295 e. The van der Waals surface area contributed by atoms with E-state index >= 15 is 0 Å². The van der Waals surface area contributed by atoms with Gasteiger partial charge in [0.1, 0.15) is 15.7 Å². The number of aromatic nitrogens is 1. The van der Waals surface area contributed by atoms with E-state index in [1.807, 2.05) is 13.0 Å². The Morgan fingerprint density at radius 2 is 2.17 bits per heavy atom. The zero-order chi connectivity index (χ0) is 13.5. The molecule has 98 valence electrons. The number of carbonyl (C=O) groups excluding carboxylic acids is 1. The highest BCUT2D eigenvalue weighted by atomic mass is 79.9. The summed E-state index contributed by atoms with van der Waals surface area (Å²) in [6.45, 7) is 1.92. The van der Waals surface area contributed by atoms with Gasteiger partial charge >= 0.3 is 0 Å². The third-order valence-corrected chi connectivity index (χ3v) is 5.46. The van der Waals surface area contributed by atoms with Crippen LogP contribution < -0.4 is 4.90 Å². The van der Waals surface area contributed by atoms with Crippen molar-refractivity contribution in [2.24, 2.45) is 0 Å². The first-order chi connectivity index (χ1) is 8.29. The second kappa shape index (κ2) is 4.79. The molecule has 1 aliphatic heterocycles. The molecule has 0 radical (unpaired) electrons. The van der Waals surface area contributed by atoms with Crippen molar-refractivity contribution < 1.29 is 13.2 Å². The molecule has 1 amide bonds. The quantitative estimate of drug-likeness (QED) is 0.601. The average molecular weight is 354 g/mol. The van der Waals surface area contributed by atoms with Crippen LogP contribution in [-0.4, -0.2) is 31.1 Å². The van der Waals surface area contributed by atoms with E-state index in [1.54, 1.807) is 6.07 Å². The van der Waals surface area contributed by atoms with Crippen LogP contribution in [-0.2, 0) is 13.8 Å². The molecule has 0 aliphatic carbocycles. The molecule has 1 aromatic heterocycles. The maximum atomic E-state index is 11.8. The van der Waals surface area contributed by atoms with Crippen LogP contribution in [0.3, 0.4) is 0 Å². The van der Waals surface area contributed by atoms with Crippen molar-refractivity contribution in [2.75, 3.05) is 11.4 Å². The Hall–Kier alpha value is -0.660. The first-order valence-electron chi connectivity index (χ1n) is 5.16. The normalized spacial score (nSPS) is 20.5. The van der Waals surface area contributed by atoms with E-state index in [0.717, 1.165) is 5.56 Å². The minimum Gasteiger partial charge on any atom is -0.295 e. The van der Waals surface area contributed by atoms with Crippen molar-refractivity contribution in [1.29, 1.82) is 0 Å². The number of carbonyl (C=O) groups is 1. The standard InChI is InChI=1S/C10H10BrClN2O3S/c1-6-2-3-8(13-10(6)11)14-5-7(4-9(14)15)18(12,16)17/h2-3,7H,4-5H2,1H3. The molecule has 0 N–H and O–H groups in total. The van der Waals surface area contributed by atoms with Gasteiger partial charge in [0, 0.05) is 23.6 Å². The number of rotatable bonds is 2. The molecule has 1 aromatic rings. The summed E-state index contributed by atoms with van der Waals surface area (Å²) in [5.41, 5.74) is 0.937. The third kappa shape index (κ3) is 2.67. The summed E-state index contributed by atoms with van der Waals surface area (Å²) < 4.78 is 23.1. The number of nitrogens with zero attached hydrogens (tertiary/aromatic N) is 2. The number of amides is 1. The highest BCUT2D eigenvalue weighted by Gasteiger charge is 2.38. The fourth-order valence-corrected chi connectivity index (χ4v) is 3.07. The van der Waals surface area contributed by atoms with E-state index in [9.17, 15) is 13.2 Å². The molecule has 8 heteroatoms. The average Bonchev–Trinajstić information content (AvgIpc) is 2.64. The Kier molecular flexibility index (Phi) is 3.66. The first kappa shape index (κ1) is 13.8. The Balaban J connectivity index is 2.30. The van der Waals surface area contributed by atoms with Crippen LogP contribution in [0.4, 0.5) is 5.82 Å². The molecule has 1 saturated heterocycles. The van der Waals surface area contributed by atoms with Gasteiger partial charge in [-0.2, -0.15) is 0 Å². The molecule has 5 nitrogen and oxygen atoms in total. The smallest absolute Gasteiger partial charge is 0.237 e. The van der Waals surface area contributed by atoms with Gasteiger partial charge in [0.25, 0.3) is 0 Å². The van der Waals surface area contributed by atoms with Gasteiger partial charge in [0.15, 0.2) is 0 Å². The monoisotopic (exact) mass is 352 g/mol. The number of pyridine rings is 1. The predicted molar refractivity (Wildman–Crippen MR) is 72.2 cm³/mol. The molecule has 18 heavy (non-hydrogen) atoms. The highest BCUT2D eigenvalue weighted by Crippen LogP contribution is 2.27. The van der Waals surface area contributed by atoms with Crippen molar-refractivity contribution in [1.82, 2.24) is 4.98 Å². The Bertz CT molecular complexity index is 605. The summed E-state index contributed by atoms with van der Waals surface area (Å²) >= 11 is 3.27. The minimum absolute atomic E-state index is 0.0488. The van der Waals surface area contributed by atoms with E-state index in [1.165, 1.54) is 4.90 Å². The molecule has 1 atom stereocenters. The van der Waals surface area contributed by atoms with E-state index in [2.05, 4.69) is 20.9 Å². The Morgan fingerprint density at radius 1 is 1.50 bits per heavy atom. The van der Waals surface area contributed by atoms with Crippen LogP contribution in [0.25, 0.3) is 0 Å². The van der Waals surface area contributed by atoms with Crippen molar-refractivity contribution in [3.63, 3.8) is 0 Å². The first-order valence-corrected chi connectivity index (χ1v) is 8.32. The lowest BCUT2D eigenvalue weighted by atomic mass is 10.3. The summed E-state index contributed by atoms with van der Waals surface area (Å²) in [4.78, 5) is 17.3. The summed E-state index contributed by atoms with van der Waals surface area (Å²) in [5, 5.41) is -0.867. The number of anilines is 1. The lowest BCUT2D eigenvalue weighted by molar-refractivity contribution is -0.117. The summed E-state index contributed by atoms with van der Waals surface area (Å²) in [7, 11) is 1.55. The molecular weight excluding hydrogens is 344 g/mol. The lowest BCUT2D eigenvalue weighted by Crippen LogP contribution is -2.27. The molecule has 2 heterocycles. The molecule has 1 unspecified atom stereocenters. The third-order valence-electron chi connectivity index (χ3n) is 2.78. The van der Waals surface area contributed by atoms with Gasteiger partial charge in [-0.05, 0) is 34.5 Å². The van der Waals surface area contributed by atoms with Crippen LogP contribution in [0.1, 0.15) is 12.0 Å². The molecule has 0 bridgehead atoms. The Labute approximate surface area is 118 Å². The van der Waals surface area contributed by atoms with E-state index in [0.29, 0.717) is 10.4 Å². The van der Waals surface area contributed by atoms with Gasteiger partial charge in [-0.3, -0.25) is 9.69 Å². The second-order valence-electron chi connectivity index (χ2n) is 4.08. The molecule has 2 rings (SSSR count). The number of hydrogen-bond acceptors (Lipinski definition) is 4. The van der Waals surface area contributed by atoms with Gasteiger partial charge < -0.3 is 0 Å². The van der Waals surface area contributed by atoms with Crippen LogP contribution >= 0.6 is 26.6 Å². The molecule has 0 aromatic carbocycles. The zero-order valence-electron chi connectivity index (χ0n) is 9.43. The SMILES string of the molecule is Cc1ccc(N2CC(S(=O)(=O)Cl)CC2=O)nc1Br. The van der Waals surface area contributed by atoms with Crippen LogP contribution in [0, 0.1) is 6.92 Å². The number of halogens is 2. The maximum Gasteiger partial charge on any atom is 0.237 e. The number of aryl methyl sites for hydroxylation is 1. The second-order valence-corrected chi connectivity index (χ2v) is 7.74. The van der Waals surface area contributed by atoms with Gasteiger partial charge in [-0.25, -0.2) is 13.4 Å². The zero-order valence-corrected chi connectivity index (χ0v) is 12.6. The van der Waals surface area contributed by atoms with Gasteiger partial charge in [-0.15, -0.1) is 0 Å². The summed E-state index contributed by atoms with van der Waals surface area (Å²) in [6.07, 6.45) is -0.0982. The topological polar surface area (TPSA) is 67.3 Å². The Morgan fingerprint density at radius 3 is 2.67 bits per heavy atom. The van der Waals surface area contributed by atoms with Crippen molar-refractivity contribution in [3.05, 3.63) is 22.3 Å². The molecule has 1 fully saturated rings. The molecule has 0 spiro atoms. The van der Waals surface area contributed by atoms with E-state index in [4.69, 9.17) is 10.7 Å². The van der Waals surface area contributed by atoms with Crippen LogP contribution in [0.2, 0.25) is 0 Å². The van der Waals surface area contributed by atoms with Gasteiger partial charge in [0.05, 0.1) is 0 Å². The highest BCUT2D eigenvalue weighted by molar-refractivity contribution is 9.10. The minimum atomic E-state index is -3.72. The van der Waals surface area contributed by atoms with Gasteiger partial charge in [-0.1, -0.05) is 6.07 Å². The fourth-order valence-electron chi connectivity index (χ4n) is 1.73. The van der Waals surface area contributed by atoms with Crippen molar-refractivity contribution in [2.45, 2.75) is 18.6 Å². The van der Waals surface area contributed by atoms with Crippen LogP contribution in [0.15, 0.2) is 16.7 Å². The van der Waals surface area contributed by atoms with Crippen molar-refractivity contribution in [3.8, 4) is 0 Å². The molecule has 0 saturated carbocycles. The van der Waals surface area contributed by atoms with Crippen LogP contribution in [0.5, 0.6) is 0 Å². The fraction of sp³-hybridized carbons (Fsp3) is 0.400. The maximum absolute atomic E-state index is 11.8. The predicted octanol–water partition coefficient (Wildman–Crippen LogP) is 1.83. The summed E-state index contributed by atoms with van der Waals surface area (Å²) in [6, 6.07) is 3.49.